The molecule has 0 aromatic heterocycles. The number of likely N-dealkylation sites (N-methyl/N-ethyl adjacent to an activating group) is 1. The summed E-state index contributed by atoms with van der Waals surface area (Å²) in [4.78, 5) is 9.50. The van der Waals surface area contributed by atoms with Crippen molar-refractivity contribution in [1.82, 2.24) is 4.90 Å². The van der Waals surface area contributed by atoms with Crippen LogP contribution in [-0.4, -0.2) is 50.0 Å². The standard InChI is InChI=1S/C21H26Cl2N4/c1-5-7-15(6-2)14-24-20-21(8-10-26(3)11-9-21)25-18-12-16(22)17(23)13-19(18)27(20)4/h5-7,12-13,25H,1-2,8-11,14H2,3-4H3/b15-7+,24-20?. The molecule has 4 nitrogen and oxygen atoms in total. The number of piperidine rings is 1. The molecule has 2 heterocycles. The van der Waals surface area contributed by atoms with Gasteiger partial charge in [-0.25, -0.2) is 0 Å². The van der Waals surface area contributed by atoms with Crippen molar-refractivity contribution in [2.75, 3.05) is 43.9 Å². The zero-order valence-corrected chi connectivity index (χ0v) is 17.4. The summed E-state index contributed by atoms with van der Waals surface area (Å²) >= 11 is 12.6. The van der Waals surface area contributed by atoms with E-state index in [0.717, 1.165) is 48.7 Å². The van der Waals surface area contributed by atoms with Crippen LogP contribution >= 0.6 is 23.2 Å². The van der Waals surface area contributed by atoms with Crippen molar-refractivity contribution in [2.45, 2.75) is 18.4 Å². The summed E-state index contributed by atoms with van der Waals surface area (Å²) in [7, 11) is 4.21. The van der Waals surface area contributed by atoms with Crippen LogP contribution in [-0.2, 0) is 0 Å². The number of hydrogen-bond acceptors (Lipinski definition) is 3. The Morgan fingerprint density at radius 3 is 2.52 bits per heavy atom. The Balaban J connectivity index is 2.06. The molecule has 1 aromatic carbocycles. The van der Waals surface area contributed by atoms with Gasteiger partial charge in [-0.15, -0.1) is 0 Å². The minimum absolute atomic E-state index is 0.216. The topological polar surface area (TPSA) is 30.9 Å². The molecule has 0 aliphatic carbocycles. The number of benzene rings is 1. The highest BCUT2D eigenvalue weighted by Crippen LogP contribution is 2.43. The molecule has 3 rings (SSSR count). The van der Waals surface area contributed by atoms with Crippen LogP contribution in [0.25, 0.3) is 0 Å². The van der Waals surface area contributed by atoms with Crippen LogP contribution in [0.2, 0.25) is 10.0 Å². The third kappa shape index (κ3) is 3.93. The number of rotatable bonds is 4. The first-order valence-corrected chi connectivity index (χ1v) is 9.84. The SMILES string of the molecule is C=C/C=C(\C=C)CN=C1N(C)c2cc(Cl)c(Cl)cc2NC12CCN(C)CC2. The van der Waals surface area contributed by atoms with E-state index in [4.69, 9.17) is 28.2 Å². The minimum Gasteiger partial charge on any atom is -0.371 e. The Morgan fingerprint density at radius 2 is 1.89 bits per heavy atom. The van der Waals surface area contributed by atoms with Crippen LogP contribution in [0.1, 0.15) is 12.8 Å². The van der Waals surface area contributed by atoms with Crippen LogP contribution in [0.3, 0.4) is 0 Å². The molecule has 144 valence electrons. The molecule has 1 fully saturated rings. The van der Waals surface area contributed by atoms with Gasteiger partial charge in [0.25, 0.3) is 0 Å². The molecule has 0 amide bonds. The van der Waals surface area contributed by atoms with Crippen LogP contribution in [0.4, 0.5) is 11.4 Å². The van der Waals surface area contributed by atoms with Crippen molar-refractivity contribution < 1.29 is 0 Å². The number of halogens is 2. The lowest BCUT2D eigenvalue weighted by molar-refractivity contribution is 0.239. The lowest BCUT2D eigenvalue weighted by atomic mass is 9.83. The van der Waals surface area contributed by atoms with Gasteiger partial charge in [0, 0.05) is 20.1 Å². The van der Waals surface area contributed by atoms with Gasteiger partial charge in [0.2, 0.25) is 0 Å². The number of likely N-dealkylation sites (tertiary alicyclic amines) is 1. The van der Waals surface area contributed by atoms with Crippen molar-refractivity contribution in [3.05, 3.63) is 59.1 Å². The van der Waals surface area contributed by atoms with Gasteiger partial charge < -0.3 is 15.1 Å². The Hall–Kier alpha value is -1.75. The number of amidine groups is 1. The summed E-state index contributed by atoms with van der Waals surface area (Å²) in [5.74, 6) is 1.03. The second kappa shape index (κ2) is 8.09. The smallest absolute Gasteiger partial charge is 0.130 e. The van der Waals surface area contributed by atoms with Crippen LogP contribution in [0, 0.1) is 0 Å². The Morgan fingerprint density at radius 1 is 1.22 bits per heavy atom. The average molecular weight is 405 g/mol. The second-order valence-corrected chi connectivity index (χ2v) is 7.99. The number of anilines is 2. The van der Waals surface area contributed by atoms with Crippen LogP contribution < -0.4 is 10.2 Å². The molecule has 0 bridgehead atoms. The largest absolute Gasteiger partial charge is 0.371 e. The van der Waals surface area contributed by atoms with E-state index >= 15 is 0 Å². The van der Waals surface area contributed by atoms with Crippen molar-refractivity contribution in [2.24, 2.45) is 4.99 Å². The Bertz CT molecular complexity index is 805. The van der Waals surface area contributed by atoms with E-state index < -0.39 is 0 Å². The molecule has 1 spiro atoms. The van der Waals surface area contributed by atoms with Gasteiger partial charge in [-0.05, 0) is 37.6 Å². The lowest BCUT2D eigenvalue weighted by Gasteiger charge is -2.49. The summed E-state index contributed by atoms with van der Waals surface area (Å²) in [5, 5.41) is 4.85. The van der Waals surface area contributed by atoms with E-state index in [9.17, 15) is 0 Å². The molecule has 27 heavy (non-hydrogen) atoms. The summed E-state index contributed by atoms with van der Waals surface area (Å²) < 4.78 is 0. The molecule has 1 saturated heterocycles. The predicted molar refractivity (Wildman–Crippen MR) is 119 cm³/mol. The maximum absolute atomic E-state index is 6.28. The van der Waals surface area contributed by atoms with E-state index in [0.29, 0.717) is 16.6 Å². The fourth-order valence-corrected chi connectivity index (χ4v) is 4.09. The number of nitrogens with one attached hydrogen (secondary N) is 1. The van der Waals surface area contributed by atoms with Crippen molar-refractivity contribution >= 4 is 40.4 Å². The first-order valence-electron chi connectivity index (χ1n) is 9.08. The van der Waals surface area contributed by atoms with E-state index in [-0.39, 0.29) is 5.54 Å². The van der Waals surface area contributed by atoms with Gasteiger partial charge in [-0.3, -0.25) is 4.99 Å². The van der Waals surface area contributed by atoms with Gasteiger partial charge in [0.1, 0.15) is 5.84 Å². The molecular formula is C21H26Cl2N4. The highest BCUT2D eigenvalue weighted by molar-refractivity contribution is 6.42. The molecule has 0 atom stereocenters. The zero-order valence-electron chi connectivity index (χ0n) is 15.9. The number of nitrogens with zero attached hydrogens (tertiary/aromatic N) is 3. The highest BCUT2D eigenvalue weighted by atomic mass is 35.5. The molecule has 0 saturated carbocycles. The number of aliphatic imine (C=N–C) groups is 1. The van der Waals surface area contributed by atoms with Gasteiger partial charge in [0.05, 0.1) is 33.5 Å². The van der Waals surface area contributed by atoms with Gasteiger partial charge in [-0.1, -0.05) is 54.6 Å². The molecule has 2 aliphatic rings. The zero-order chi connectivity index (χ0) is 19.6. The van der Waals surface area contributed by atoms with Gasteiger partial charge in [-0.2, -0.15) is 0 Å². The van der Waals surface area contributed by atoms with Crippen molar-refractivity contribution in [3.63, 3.8) is 0 Å². The van der Waals surface area contributed by atoms with Crippen LogP contribution in [0.15, 0.2) is 54.1 Å². The van der Waals surface area contributed by atoms with Gasteiger partial charge in [0.15, 0.2) is 0 Å². The number of hydrogen-bond donors (Lipinski definition) is 1. The van der Waals surface area contributed by atoms with E-state index in [1.807, 2.05) is 31.3 Å². The fourth-order valence-electron chi connectivity index (χ4n) is 3.77. The Labute approximate surface area is 171 Å². The molecular weight excluding hydrogens is 379 g/mol. The normalized spacial score (nSPS) is 21.1. The first kappa shape index (κ1) is 20.0. The second-order valence-electron chi connectivity index (χ2n) is 7.17. The molecule has 2 aliphatic heterocycles. The van der Waals surface area contributed by atoms with Crippen molar-refractivity contribution in [1.29, 1.82) is 0 Å². The molecule has 1 aromatic rings. The predicted octanol–water partition coefficient (Wildman–Crippen LogP) is 5.02. The van der Waals surface area contributed by atoms with Crippen LogP contribution in [0.5, 0.6) is 0 Å². The summed E-state index contributed by atoms with van der Waals surface area (Å²) in [6.45, 7) is 10.2. The van der Waals surface area contributed by atoms with E-state index in [2.05, 4.69) is 35.3 Å². The van der Waals surface area contributed by atoms with Crippen molar-refractivity contribution in [3.8, 4) is 0 Å². The molecule has 0 radical (unpaired) electrons. The maximum atomic E-state index is 6.28. The first-order chi connectivity index (χ1) is 12.9. The summed E-state index contributed by atoms with van der Waals surface area (Å²) in [6.07, 6.45) is 7.48. The highest BCUT2D eigenvalue weighted by Gasteiger charge is 2.44. The van der Waals surface area contributed by atoms with Gasteiger partial charge >= 0.3 is 0 Å². The van der Waals surface area contributed by atoms with E-state index in [1.165, 1.54) is 0 Å². The van der Waals surface area contributed by atoms with E-state index in [1.54, 1.807) is 6.08 Å². The molecule has 1 N–H and O–H groups in total. The maximum Gasteiger partial charge on any atom is 0.130 e. The lowest BCUT2D eigenvalue weighted by Crippen LogP contribution is -2.60. The minimum atomic E-state index is -0.216. The number of fused-ring (bicyclic) bond motifs is 1. The third-order valence-corrected chi connectivity index (χ3v) is 6.09. The fraction of sp³-hybridized carbons (Fsp3) is 0.381. The monoisotopic (exact) mass is 404 g/mol. The number of allylic oxidation sites excluding steroid dienone is 2. The average Bonchev–Trinajstić information content (AvgIpc) is 2.65. The molecule has 6 heteroatoms. The molecule has 0 unspecified atom stereocenters. The Kier molecular flexibility index (Phi) is 5.99. The quantitative estimate of drug-likeness (QED) is 0.714. The summed E-state index contributed by atoms with van der Waals surface area (Å²) in [5.41, 5.74) is 2.81. The third-order valence-electron chi connectivity index (χ3n) is 5.37. The summed E-state index contributed by atoms with van der Waals surface area (Å²) in [6, 6.07) is 3.82.